The Bertz CT molecular complexity index is 457. The largest absolute Gasteiger partial charge is 0.320 e. The van der Waals surface area contributed by atoms with Gasteiger partial charge in [0.25, 0.3) is 0 Å². The van der Waals surface area contributed by atoms with Crippen LogP contribution in [0.25, 0.3) is 0 Å². The summed E-state index contributed by atoms with van der Waals surface area (Å²) in [6, 6.07) is 9.06. The maximum Gasteiger partial charge on any atom is 0.320 e. The van der Waals surface area contributed by atoms with E-state index in [-0.39, 0.29) is 6.03 Å². The quantitative estimate of drug-likeness (QED) is 0.875. The first-order valence-corrected chi connectivity index (χ1v) is 7.06. The van der Waals surface area contributed by atoms with Crippen molar-refractivity contribution in [1.29, 1.82) is 0 Å². The monoisotopic (exact) mass is 259 g/mol. The normalized spacial score (nSPS) is 23.4. The summed E-state index contributed by atoms with van der Waals surface area (Å²) in [6.07, 6.45) is 1.07. The maximum absolute atomic E-state index is 12.5. The molecule has 0 radical (unpaired) electrons. The molecule has 2 saturated heterocycles. The van der Waals surface area contributed by atoms with Gasteiger partial charge in [0.15, 0.2) is 0 Å². The number of nitrogens with one attached hydrogen (secondary N) is 1. The third-order valence-corrected chi connectivity index (χ3v) is 4.09. The van der Waals surface area contributed by atoms with Crippen LogP contribution in [-0.4, -0.2) is 48.1 Å². The maximum atomic E-state index is 12.5. The highest BCUT2D eigenvalue weighted by molar-refractivity contribution is 5.76. The minimum Gasteiger partial charge on any atom is -0.320 e. The molecule has 2 aliphatic rings. The standard InChI is InChI=1S/C15H21N3O/c1-12-2-4-13(5-3-12)11-17-8-6-14-10-16-7-9-18(14)15(17)19/h2-5,14,16H,6-11H2,1H3. The molecule has 0 saturated carbocycles. The van der Waals surface area contributed by atoms with Crippen molar-refractivity contribution in [3.05, 3.63) is 35.4 Å². The lowest BCUT2D eigenvalue weighted by atomic mass is 10.1. The van der Waals surface area contributed by atoms with Crippen LogP contribution >= 0.6 is 0 Å². The molecular weight excluding hydrogens is 238 g/mol. The summed E-state index contributed by atoms with van der Waals surface area (Å²) in [7, 11) is 0. The van der Waals surface area contributed by atoms with E-state index < -0.39 is 0 Å². The Labute approximate surface area is 114 Å². The first-order valence-electron chi connectivity index (χ1n) is 7.06. The minimum absolute atomic E-state index is 0.207. The van der Waals surface area contributed by atoms with Crippen LogP contribution in [0.15, 0.2) is 24.3 Å². The third-order valence-electron chi connectivity index (χ3n) is 4.09. The number of amides is 2. The molecule has 19 heavy (non-hydrogen) atoms. The van der Waals surface area contributed by atoms with Crippen molar-refractivity contribution >= 4 is 6.03 Å². The highest BCUT2D eigenvalue weighted by atomic mass is 16.2. The number of piperazine rings is 1. The number of carbonyl (C=O) groups excluding carboxylic acids is 1. The molecule has 2 heterocycles. The van der Waals surface area contributed by atoms with Gasteiger partial charge in [-0.05, 0) is 18.9 Å². The molecule has 1 N–H and O–H groups in total. The first-order chi connectivity index (χ1) is 9.24. The molecule has 2 aliphatic heterocycles. The number of fused-ring (bicyclic) bond motifs is 1. The topological polar surface area (TPSA) is 35.6 Å². The number of aryl methyl sites for hydroxylation is 1. The fourth-order valence-corrected chi connectivity index (χ4v) is 2.91. The van der Waals surface area contributed by atoms with E-state index in [1.165, 1.54) is 11.1 Å². The van der Waals surface area contributed by atoms with Crippen LogP contribution < -0.4 is 5.32 Å². The van der Waals surface area contributed by atoms with Crippen LogP contribution in [0.3, 0.4) is 0 Å². The van der Waals surface area contributed by atoms with Gasteiger partial charge in [-0.2, -0.15) is 0 Å². The molecule has 1 unspecified atom stereocenters. The van der Waals surface area contributed by atoms with Gasteiger partial charge in [0.1, 0.15) is 0 Å². The van der Waals surface area contributed by atoms with Crippen LogP contribution in [-0.2, 0) is 6.54 Å². The van der Waals surface area contributed by atoms with Crippen LogP contribution in [0.5, 0.6) is 0 Å². The van der Waals surface area contributed by atoms with Gasteiger partial charge in [-0.1, -0.05) is 29.8 Å². The average molecular weight is 259 g/mol. The second-order valence-electron chi connectivity index (χ2n) is 5.53. The van der Waals surface area contributed by atoms with Gasteiger partial charge in [-0.15, -0.1) is 0 Å². The second-order valence-corrected chi connectivity index (χ2v) is 5.53. The molecule has 0 aliphatic carbocycles. The van der Waals surface area contributed by atoms with Crippen molar-refractivity contribution in [1.82, 2.24) is 15.1 Å². The highest BCUT2D eigenvalue weighted by Crippen LogP contribution is 2.19. The van der Waals surface area contributed by atoms with Crippen molar-refractivity contribution in [3.8, 4) is 0 Å². The minimum atomic E-state index is 0.207. The van der Waals surface area contributed by atoms with Crippen molar-refractivity contribution in [2.45, 2.75) is 25.9 Å². The van der Waals surface area contributed by atoms with E-state index in [9.17, 15) is 4.79 Å². The van der Waals surface area contributed by atoms with E-state index in [1.807, 2.05) is 9.80 Å². The van der Waals surface area contributed by atoms with Crippen LogP contribution in [0, 0.1) is 6.92 Å². The van der Waals surface area contributed by atoms with E-state index in [0.29, 0.717) is 6.04 Å². The van der Waals surface area contributed by atoms with Gasteiger partial charge >= 0.3 is 6.03 Å². The number of carbonyl (C=O) groups is 1. The summed E-state index contributed by atoms with van der Waals surface area (Å²) >= 11 is 0. The lowest BCUT2D eigenvalue weighted by Gasteiger charge is -2.44. The van der Waals surface area contributed by atoms with E-state index in [1.54, 1.807) is 0 Å². The summed E-state index contributed by atoms with van der Waals surface area (Å²) in [5.41, 5.74) is 2.48. The Kier molecular flexibility index (Phi) is 3.42. The van der Waals surface area contributed by atoms with E-state index in [0.717, 1.165) is 39.1 Å². The van der Waals surface area contributed by atoms with Crippen LogP contribution in [0.4, 0.5) is 4.79 Å². The first kappa shape index (κ1) is 12.5. The Morgan fingerprint density at radius 1 is 1.26 bits per heavy atom. The van der Waals surface area contributed by atoms with E-state index in [2.05, 4.69) is 36.5 Å². The van der Waals surface area contributed by atoms with Crippen molar-refractivity contribution in [3.63, 3.8) is 0 Å². The van der Waals surface area contributed by atoms with E-state index >= 15 is 0 Å². The number of rotatable bonds is 2. The summed E-state index contributed by atoms with van der Waals surface area (Å²) in [5, 5.41) is 3.36. The molecule has 1 aromatic rings. The number of urea groups is 1. The Balaban J connectivity index is 1.68. The fraction of sp³-hybridized carbons (Fsp3) is 0.533. The Hall–Kier alpha value is -1.55. The molecule has 0 bridgehead atoms. The van der Waals surface area contributed by atoms with Crippen LogP contribution in [0.1, 0.15) is 17.5 Å². The molecule has 4 heteroatoms. The van der Waals surface area contributed by atoms with Gasteiger partial charge in [-0.25, -0.2) is 4.79 Å². The summed E-state index contributed by atoms with van der Waals surface area (Å²) in [5.74, 6) is 0. The third kappa shape index (κ3) is 2.59. The highest BCUT2D eigenvalue weighted by Gasteiger charge is 2.34. The lowest BCUT2D eigenvalue weighted by molar-refractivity contribution is 0.0831. The molecule has 2 fully saturated rings. The predicted octanol–water partition coefficient (Wildman–Crippen LogP) is 1.59. The Morgan fingerprint density at radius 2 is 2.05 bits per heavy atom. The zero-order chi connectivity index (χ0) is 13.2. The molecule has 102 valence electrons. The summed E-state index contributed by atoms with van der Waals surface area (Å²) < 4.78 is 0. The molecule has 1 atom stereocenters. The predicted molar refractivity (Wildman–Crippen MR) is 75.0 cm³/mol. The smallest absolute Gasteiger partial charge is 0.320 e. The SMILES string of the molecule is Cc1ccc(CN2CCC3CNCCN3C2=O)cc1. The van der Waals surface area contributed by atoms with Crippen LogP contribution in [0.2, 0.25) is 0 Å². The number of hydrogen-bond donors (Lipinski definition) is 1. The Morgan fingerprint density at radius 3 is 2.84 bits per heavy atom. The number of nitrogens with zero attached hydrogens (tertiary/aromatic N) is 2. The molecule has 0 spiro atoms. The average Bonchev–Trinajstić information content (AvgIpc) is 2.45. The zero-order valence-corrected chi connectivity index (χ0v) is 11.4. The van der Waals surface area contributed by atoms with Gasteiger partial charge in [0, 0.05) is 38.8 Å². The molecule has 4 nitrogen and oxygen atoms in total. The second kappa shape index (κ2) is 5.21. The molecule has 2 amide bonds. The zero-order valence-electron chi connectivity index (χ0n) is 11.4. The van der Waals surface area contributed by atoms with Gasteiger partial charge in [0.05, 0.1) is 0 Å². The molecule has 1 aromatic carbocycles. The van der Waals surface area contributed by atoms with Gasteiger partial charge in [-0.3, -0.25) is 0 Å². The summed E-state index contributed by atoms with van der Waals surface area (Å²) in [4.78, 5) is 16.5. The molecule has 3 rings (SSSR count). The molecule has 0 aromatic heterocycles. The van der Waals surface area contributed by atoms with Crippen molar-refractivity contribution < 1.29 is 4.79 Å². The summed E-state index contributed by atoms with van der Waals surface area (Å²) in [6.45, 7) is 6.39. The van der Waals surface area contributed by atoms with Crippen molar-refractivity contribution in [2.24, 2.45) is 0 Å². The van der Waals surface area contributed by atoms with Gasteiger partial charge in [0.2, 0.25) is 0 Å². The number of benzene rings is 1. The number of hydrogen-bond acceptors (Lipinski definition) is 2. The van der Waals surface area contributed by atoms with Crippen molar-refractivity contribution in [2.75, 3.05) is 26.2 Å². The fourth-order valence-electron chi connectivity index (χ4n) is 2.91. The molecular formula is C15H21N3O. The van der Waals surface area contributed by atoms with E-state index in [4.69, 9.17) is 0 Å². The van der Waals surface area contributed by atoms with Gasteiger partial charge < -0.3 is 15.1 Å². The lowest BCUT2D eigenvalue weighted by Crippen LogP contribution is -2.61.